The standard InChI is InChI=1S/C16H19N3O2S2/c17-15(21)11-6-10-23-16(11)18-14(20)5-8-19-7-1-3-12(19)13-4-2-9-22-13/h2,4,6,9-10,12H,1,3,5,7-8H2,(H2,17,21)(H,18,20)/t12-/m0/s1. The van der Waals surface area contributed by atoms with E-state index in [1.807, 2.05) is 0 Å². The minimum atomic E-state index is -0.515. The average Bonchev–Trinajstić information content (AvgIpc) is 3.25. The topological polar surface area (TPSA) is 75.4 Å². The molecule has 0 radical (unpaired) electrons. The van der Waals surface area contributed by atoms with Crippen LogP contribution in [-0.2, 0) is 4.79 Å². The van der Waals surface area contributed by atoms with Crippen molar-refractivity contribution in [1.29, 1.82) is 0 Å². The Morgan fingerprint density at radius 3 is 2.91 bits per heavy atom. The fraction of sp³-hybridized carbons (Fsp3) is 0.375. The zero-order valence-corrected chi connectivity index (χ0v) is 14.3. The predicted molar refractivity (Wildman–Crippen MR) is 94.0 cm³/mol. The molecule has 3 heterocycles. The van der Waals surface area contributed by atoms with Crippen LogP contribution in [0.5, 0.6) is 0 Å². The Bertz CT molecular complexity index is 681. The Labute approximate surface area is 143 Å². The highest BCUT2D eigenvalue weighted by molar-refractivity contribution is 7.14. The van der Waals surface area contributed by atoms with Crippen molar-refractivity contribution in [3.8, 4) is 0 Å². The molecule has 2 aromatic heterocycles. The van der Waals surface area contributed by atoms with Gasteiger partial charge in [-0.25, -0.2) is 0 Å². The highest BCUT2D eigenvalue weighted by Gasteiger charge is 2.26. The summed E-state index contributed by atoms with van der Waals surface area (Å²) in [7, 11) is 0. The molecule has 3 rings (SSSR count). The van der Waals surface area contributed by atoms with Crippen molar-refractivity contribution in [1.82, 2.24) is 4.90 Å². The lowest BCUT2D eigenvalue weighted by molar-refractivity contribution is -0.116. The van der Waals surface area contributed by atoms with E-state index in [0.717, 1.165) is 19.5 Å². The smallest absolute Gasteiger partial charge is 0.251 e. The summed E-state index contributed by atoms with van der Waals surface area (Å²) in [6, 6.07) is 6.31. The van der Waals surface area contributed by atoms with Crippen molar-refractivity contribution in [3.63, 3.8) is 0 Å². The van der Waals surface area contributed by atoms with Gasteiger partial charge in [-0.3, -0.25) is 14.5 Å². The first-order valence-corrected chi connectivity index (χ1v) is 9.35. The Morgan fingerprint density at radius 1 is 1.30 bits per heavy atom. The van der Waals surface area contributed by atoms with Crippen molar-refractivity contribution >= 4 is 39.5 Å². The van der Waals surface area contributed by atoms with E-state index in [9.17, 15) is 9.59 Å². The van der Waals surface area contributed by atoms with Crippen molar-refractivity contribution < 1.29 is 9.59 Å². The van der Waals surface area contributed by atoms with Gasteiger partial charge in [0.05, 0.1) is 5.56 Å². The van der Waals surface area contributed by atoms with Crippen LogP contribution < -0.4 is 11.1 Å². The minimum absolute atomic E-state index is 0.0771. The number of nitrogens with zero attached hydrogens (tertiary/aromatic N) is 1. The maximum atomic E-state index is 12.2. The molecule has 1 atom stereocenters. The van der Waals surface area contributed by atoms with Gasteiger partial charge >= 0.3 is 0 Å². The molecule has 5 nitrogen and oxygen atoms in total. The summed E-state index contributed by atoms with van der Waals surface area (Å²) in [5.41, 5.74) is 5.67. The Morgan fingerprint density at radius 2 is 2.17 bits per heavy atom. The van der Waals surface area contributed by atoms with Gasteiger partial charge < -0.3 is 11.1 Å². The Balaban J connectivity index is 1.54. The third-order valence-electron chi connectivity index (χ3n) is 4.04. The molecule has 0 bridgehead atoms. The molecule has 7 heteroatoms. The molecule has 1 saturated heterocycles. The number of anilines is 1. The summed E-state index contributed by atoms with van der Waals surface area (Å²) in [4.78, 5) is 27.2. The second kappa shape index (κ2) is 7.25. The van der Waals surface area contributed by atoms with Crippen molar-refractivity contribution in [2.75, 3.05) is 18.4 Å². The van der Waals surface area contributed by atoms with E-state index in [-0.39, 0.29) is 5.91 Å². The van der Waals surface area contributed by atoms with E-state index >= 15 is 0 Å². The van der Waals surface area contributed by atoms with E-state index in [1.54, 1.807) is 22.8 Å². The SMILES string of the molecule is NC(=O)c1ccsc1NC(=O)CCN1CCC[C@H]1c1cccs1. The van der Waals surface area contributed by atoms with E-state index in [2.05, 4.69) is 27.7 Å². The number of carbonyl (C=O) groups excluding carboxylic acids is 2. The van der Waals surface area contributed by atoms with Gasteiger partial charge in [0.15, 0.2) is 0 Å². The summed E-state index contributed by atoms with van der Waals surface area (Å²) in [6.07, 6.45) is 2.73. The normalized spacial score (nSPS) is 18.2. The van der Waals surface area contributed by atoms with E-state index < -0.39 is 5.91 Å². The molecule has 2 aromatic rings. The Hall–Kier alpha value is -1.70. The number of amides is 2. The third-order valence-corrected chi connectivity index (χ3v) is 5.85. The number of hydrogen-bond donors (Lipinski definition) is 2. The molecule has 0 aromatic carbocycles. The summed E-state index contributed by atoms with van der Waals surface area (Å²) in [6.45, 7) is 1.76. The molecule has 122 valence electrons. The van der Waals surface area contributed by atoms with Gasteiger partial charge in [0.2, 0.25) is 5.91 Å². The molecule has 1 aliphatic rings. The molecule has 0 unspecified atom stereocenters. The summed E-state index contributed by atoms with van der Waals surface area (Å²) < 4.78 is 0. The second-order valence-electron chi connectivity index (χ2n) is 5.54. The van der Waals surface area contributed by atoms with Crippen LogP contribution in [0.3, 0.4) is 0 Å². The van der Waals surface area contributed by atoms with E-state index in [4.69, 9.17) is 5.73 Å². The molecule has 3 N–H and O–H groups in total. The molecule has 0 spiro atoms. The zero-order chi connectivity index (χ0) is 16.2. The predicted octanol–water partition coefficient (Wildman–Crippen LogP) is 3.07. The number of likely N-dealkylation sites (tertiary alicyclic amines) is 1. The van der Waals surface area contributed by atoms with Gasteiger partial charge in [0.1, 0.15) is 5.00 Å². The summed E-state index contributed by atoms with van der Waals surface area (Å²) in [5.74, 6) is -0.592. The van der Waals surface area contributed by atoms with Gasteiger partial charge in [-0.2, -0.15) is 0 Å². The molecule has 23 heavy (non-hydrogen) atoms. The number of primary amides is 1. The Kier molecular flexibility index (Phi) is 5.09. The average molecular weight is 349 g/mol. The van der Waals surface area contributed by atoms with Gasteiger partial charge in [0.25, 0.3) is 5.91 Å². The van der Waals surface area contributed by atoms with E-state index in [1.165, 1.54) is 22.6 Å². The zero-order valence-electron chi connectivity index (χ0n) is 12.7. The van der Waals surface area contributed by atoms with Crippen LogP contribution >= 0.6 is 22.7 Å². The first-order valence-electron chi connectivity index (χ1n) is 7.60. The van der Waals surface area contributed by atoms with Crippen molar-refractivity contribution in [3.05, 3.63) is 39.4 Å². The number of nitrogens with one attached hydrogen (secondary N) is 1. The highest BCUT2D eigenvalue weighted by atomic mass is 32.1. The number of thiophene rings is 2. The van der Waals surface area contributed by atoms with Gasteiger partial charge in [0, 0.05) is 23.9 Å². The maximum absolute atomic E-state index is 12.2. The number of hydrogen-bond acceptors (Lipinski definition) is 5. The van der Waals surface area contributed by atoms with Gasteiger partial charge in [-0.1, -0.05) is 6.07 Å². The number of nitrogens with two attached hydrogens (primary N) is 1. The molecular formula is C16H19N3O2S2. The second-order valence-corrected chi connectivity index (χ2v) is 7.43. The van der Waals surface area contributed by atoms with Crippen LogP contribution in [0.15, 0.2) is 29.0 Å². The van der Waals surface area contributed by atoms with E-state index in [0.29, 0.717) is 23.0 Å². The molecule has 0 saturated carbocycles. The van der Waals surface area contributed by atoms with Crippen LogP contribution in [0.25, 0.3) is 0 Å². The fourth-order valence-electron chi connectivity index (χ4n) is 2.93. The largest absolute Gasteiger partial charge is 0.366 e. The quantitative estimate of drug-likeness (QED) is 0.841. The van der Waals surface area contributed by atoms with Crippen LogP contribution in [0.1, 0.15) is 40.5 Å². The third kappa shape index (κ3) is 3.80. The van der Waals surface area contributed by atoms with Crippen LogP contribution in [0, 0.1) is 0 Å². The van der Waals surface area contributed by atoms with Gasteiger partial charge in [-0.05, 0) is 42.3 Å². The van der Waals surface area contributed by atoms with Crippen molar-refractivity contribution in [2.45, 2.75) is 25.3 Å². The van der Waals surface area contributed by atoms with Crippen LogP contribution in [0.4, 0.5) is 5.00 Å². The lowest BCUT2D eigenvalue weighted by Crippen LogP contribution is -2.27. The lowest BCUT2D eigenvalue weighted by atomic mass is 10.2. The summed E-state index contributed by atoms with van der Waals surface area (Å²) in [5, 5.41) is 7.19. The lowest BCUT2D eigenvalue weighted by Gasteiger charge is -2.23. The van der Waals surface area contributed by atoms with Crippen LogP contribution in [0.2, 0.25) is 0 Å². The summed E-state index contributed by atoms with van der Waals surface area (Å²) >= 11 is 3.09. The minimum Gasteiger partial charge on any atom is -0.366 e. The molecule has 1 fully saturated rings. The van der Waals surface area contributed by atoms with Crippen LogP contribution in [-0.4, -0.2) is 29.8 Å². The first-order chi connectivity index (χ1) is 11.1. The highest BCUT2D eigenvalue weighted by Crippen LogP contribution is 2.34. The molecule has 1 aliphatic heterocycles. The molecule has 2 amide bonds. The molecular weight excluding hydrogens is 330 g/mol. The first kappa shape index (κ1) is 16.2. The van der Waals surface area contributed by atoms with Crippen molar-refractivity contribution in [2.24, 2.45) is 5.73 Å². The van der Waals surface area contributed by atoms with Gasteiger partial charge in [-0.15, -0.1) is 22.7 Å². The monoisotopic (exact) mass is 349 g/mol. The maximum Gasteiger partial charge on any atom is 0.251 e. The number of rotatable bonds is 6. The fourth-order valence-corrected chi connectivity index (χ4v) is 4.64. The molecule has 0 aliphatic carbocycles. The number of carbonyl (C=O) groups is 2.